The average molecular weight is 212 g/mol. The van der Waals surface area contributed by atoms with Crippen LogP contribution in [0.1, 0.15) is 26.7 Å². The van der Waals surface area contributed by atoms with Gasteiger partial charge in [0.2, 0.25) is 0 Å². The van der Waals surface area contributed by atoms with Gasteiger partial charge in [0.25, 0.3) is 0 Å². The van der Waals surface area contributed by atoms with Crippen molar-refractivity contribution in [2.24, 2.45) is 5.92 Å². The molecule has 86 valence electrons. The molecule has 0 aliphatic carbocycles. The molecule has 2 rings (SSSR count). The van der Waals surface area contributed by atoms with Crippen molar-refractivity contribution in [2.75, 3.05) is 19.7 Å². The minimum absolute atomic E-state index is 0.245. The Bertz CT molecular complexity index is 243. The molecule has 1 amide bonds. The number of nitrogens with zero attached hydrogens (tertiary/aromatic N) is 1. The first-order valence-electron chi connectivity index (χ1n) is 5.82. The van der Waals surface area contributed by atoms with Gasteiger partial charge in [-0.15, -0.1) is 0 Å². The van der Waals surface area contributed by atoms with Gasteiger partial charge in [0.05, 0.1) is 6.04 Å². The van der Waals surface area contributed by atoms with Crippen molar-refractivity contribution >= 4 is 6.09 Å². The summed E-state index contributed by atoms with van der Waals surface area (Å²) in [4.78, 5) is 13.4. The number of rotatable bonds is 3. The van der Waals surface area contributed by atoms with Crippen molar-refractivity contribution in [1.82, 2.24) is 10.2 Å². The van der Waals surface area contributed by atoms with Crippen LogP contribution in [0, 0.1) is 5.92 Å². The fourth-order valence-electron chi connectivity index (χ4n) is 2.48. The lowest BCUT2D eigenvalue weighted by Crippen LogP contribution is -2.31. The zero-order valence-corrected chi connectivity index (χ0v) is 9.53. The highest BCUT2D eigenvalue weighted by atomic mass is 16.6. The minimum atomic E-state index is -0.251. The summed E-state index contributed by atoms with van der Waals surface area (Å²) < 4.78 is 4.89. The van der Waals surface area contributed by atoms with Gasteiger partial charge < -0.3 is 15.0 Å². The van der Waals surface area contributed by atoms with Crippen LogP contribution in [0.3, 0.4) is 0 Å². The Morgan fingerprint density at radius 1 is 1.60 bits per heavy atom. The van der Waals surface area contributed by atoms with E-state index < -0.39 is 0 Å². The van der Waals surface area contributed by atoms with E-state index in [0.29, 0.717) is 12.6 Å². The monoisotopic (exact) mass is 212 g/mol. The van der Waals surface area contributed by atoms with E-state index in [1.807, 2.05) is 0 Å². The molecule has 4 heteroatoms. The molecule has 2 unspecified atom stereocenters. The van der Waals surface area contributed by atoms with E-state index in [-0.39, 0.29) is 12.1 Å². The predicted molar refractivity (Wildman–Crippen MR) is 57.7 cm³/mol. The van der Waals surface area contributed by atoms with Gasteiger partial charge in [0, 0.05) is 12.6 Å². The Balaban J connectivity index is 1.75. The Morgan fingerprint density at radius 2 is 2.40 bits per heavy atom. The fraction of sp³-hybridized carbons (Fsp3) is 0.909. The van der Waals surface area contributed by atoms with Crippen molar-refractivity contribution in [1.29, 1.82) is 0 Å². The summed E-state index contributed by atoms with van der Waals surface area (Å²) in [6.45, 7) is 7.40. The average Bonchev–Trinajstić information content (AvgIpc) is 2.76. The molecular weight excluding hydrogens is 192 g/mol. The molecular formula is C11H20N2O2. The van der Waals surface area contributed by atoms with E-state index in [0.717, 1.165) is 12.3 Å². The van der Waals surface area contributed by atoms with Crippen LogP contribution in [0.15, 0.2) is 0 Å². The van der Waals surface area contributed by atoms with Crippen LogP contribution in [0.25, 0.3) is 0 Å². The lowest BCUT2D eigenvalue weighted by atomic mass is 10.00. The Morgan fingerprint density at radius 3 is 2.93 bits per heavy atom. The number of ether oxygens (including phenoxy) is 1. The van der Waals surface area contributed by atoms with Crippen molar-refractivity contribution < 1.29 is 9.53 Å². The van der Waals surface area contributed by atoms with Crippen molar-refractivity contribution in [3.05, 3.63) is 0 Å². The quantitative estimate of drug-likeness (QED) is 0.764. The van der Waals surface area contributed by atoms with E-state index in [9.17, 15) is 4.79 Å². The number of alkyl carbamates (subject to hydrolysis) is 1. The first-order chi connectivity index (χ1) is 7.15. The highest BCUT2D eigenvalue weighted by Gasteiger charge is 2.30. The molecule has 0 spiro atoms. The standard InChI is InChI=1S/C11H20N2O2/c1-8(2)13-4-3-9(6-13)5-10-7-15-11(14)12-10/h8-10H,3-7H2,1-2H3,(H,12,14). The van der Waals surface area contributed by atoms with Crippen LogP contribution >= 0.6 is 0 Å². The molecule has 0 aromatic carbocycles. The first kappa shape index (κ1) is 10.7. The molecule has 0 aromatic rings. The summed E-state index contributed by atoms with van der Waals surface area (Å²) in [5, 5.41) is 2.85. The number of carbonyl (C=O) groups excluding carboxylic acids is 1. The molecule has 2 aliphatic rings. The van der Waals surface area contributed by atoms with Gasteiger partial charge in [-0.25, -0.2) is 4.79 Å². The predicted octanol–water partition coefficient (Wildman–Crippen LogP) is 1.22. The largest absolute Gasteiger partial charge is 0.447 e. The normalized spacial score (nSPS) is 32.1. The zero-order valence-electron chi connectivity index (χ0n) is 9.53. The number of hydrogen-bond donors (Lipinski definition) is 1. The molecule has 15 heavy (non-hydrogen) atoms. The maximum atomic E-state index is 10.9. The van der Waals surface area contributed by atoms with E-state index >= 15 is 0 Å². The molecule has 1 N–H and O–H groups in total. The zero-order chi connectivity index (χ0) is 10.8. The maximum Gasteiger partial charge on any atom is 0.407 e. The molecule has 2 fully saturated rings. The Labute approximate surface area is 91.0 Å². The lowest BCUT2D eigenvalue weighted by molar-refractivity contribution is 0.176. The smallest absolute Gasteiger partial charge is 0.407 e. The summed E-state index contributed by atoms with van der Waals surface area (Å²) >= 11 is 0. The second kappa shape index (κ2) is 4.39. The minimum Gasteiger partial charge on any atom is -0.447 e. The van der Waals surface area contributed by atoms with Gasteiger partial charge in [-0.3, -0.25) is 0 Å². The van der Waals surface area contributed by atoms with Crippen LogP contribution in [0.5, 0.6) is 0 Å². The molecule has 2 atom stereocenters. The van der Waals surface area contributed by atoms with E-state index in [2.05, 4.69) is 24.1 Å². The number of carbonyl (C=O) groups is 1. The third kappa shape index (κ3) is 2.62. The second-order valence-corrected chi connectivity index (χ2v) is 4.92. The molecule has 0 aromatic heterocycles. The molecule has 2 aliphatic heterocycles. The Kier molecular flexibility index (Phi) is 3.14. The number of hydrogen-bond acceptors (Lipinski definition) is 3. The van der Waals surface area contributed by atoms with Gasteiger partial charge >= 0.3 is 6.09 Å². The number of likely N-dealkylation sites (tertiary alicyclic amines) is 1. The maximum absolute atomic E-state index is 10.9. The summed E-state index contributed by atoms with van der Waals surface area (Å²) in [6, 6.07) is 0.888. The van der Waals surface area contributed by atoms with Crippen molar-refractivity contribution in [2.45, 2.75) is 38.8 Å². The van der Waals surface area contributed by atoms with Gasteiger partial charge in [-0.1, -0.05) is 0 Å². The van der Waals surface area contributed by atoms with Crippen molar-refractivity contribution in [3.63, 3.8) is 0 Å². The first-order valence-corrected chi connectivity index (χ1v) is 5.82. The van der Waals surface area contributed by atoms with Gasteiger partial charge in [0.15, 0.2) is 0 Å². The summed E-state index contributed by atoms with van der Waals surface area (Å²) in [5.41, 5.74) is 0. The molecule has 0 bridgehead atoms. The third-order valence-corrected chi connectivity index (χ3v) is 3.40. The van der Waals surface area contributed by atoms with Crippen molar-refractivity contribution in [3.8, 4) is 0 Å². The van der Waals surface area contributed by atoms with E-state index in [4.69, 9.17) is 4.74 Å². The molecule has 2 heterocycles. The van der Waals surface area contributed by atoms with Crippen LogP contribution in [-0.2, 0) is 4.74 Å². The third-order valence-electron chi connectivity index (χ3n) is 3.40. The highest BCUT2D eigenvalue weighted by Crippen LogP contribution is 2.23. The van der Waals surface area contributed by atoms with Gasteiger partial charge in [-0.05, 0) is 39.2 Å². The molecule has 4 nitrogen and oxygen atoms in total. The molecule has 0 radical (unpaired) electrons. The lowest BCUT2D eigenvalue weighted by Gasteiger charge is -2.20. The number of nitrogens with one attached hydrogen (secondary N) is 1. The topological polar surface area (TPSA) is 41.6 Å². The van der Waals surface area contributed by atoms with E-state index in [1.165, 1.54) is 19.5 Å². The van der Waals surface area contributed by atoms with Gasteiger partial charge in [-0.2, -0.15) is 0 Å². The van der Waals surface area contributed by atoms with Crippen LogP contribution < -0.4 is 5.32 Å². The summed E-state index contributed by atoms with van der Waals surface area (Å²) in [5.74, 6) is 0.722. The highest BCUT2D eigenvalue weighted by molar-refractivity contribution is 5.69. The van der Waals surface area contributed by atoms with Crippen LogP contribution in [-0.4, -0.2) is 42.8 Å². The fourth-order valence-corrected chi connectivity index (χ4v) is 2.48. The number of cyclic esters (lactones) is 1. The second-order valence-electron chi connectivity index (χ2n) is 4.92. The summed E-state index contributed by atoms with van der Waals surface area (Å²) in [6.07, 6.45) is 2.07. The van der Waals surface area contributed by atoms with E-state index in [1.54, 1.807) is 0 Å². The van der Waals surface area contributed by atoms with Crippen LogP contribution in [0.2, 0.25) is 0 Å². The van der Waals surface area contributed by atoms with Gasteiger partial charge in [0.1, 0.15) is 6.61 Å². The molecule has 0 saturated carbocycles. The Hall–Kier alpha value is -0.770. The molecule has 2 saturated heterocycles. The SMILES string of the molecule is CC(C)N1CCC(CC2COC(=O)N2)C1. The van der Waals surface area contributed by atoms with Crippen LogP contribution in [0.4, 0.5) is 4.79 Å². The summed E-state index contributed by atoms with van der Waals surface area (Å²) in [7, 11) is 0. The number of amides is 1.